The van der Waals surface area contributed by atoms with Crippen LogP contribution in [0.4, 0.5) is 34.1 Å². The van der Waals surface area contributed by atoms with Crippen LogP contribution in [0.2, 0.25) is 0 Å². The SMILES string of the molecule is [2H]C1([2H])c2ccc(-c3ccc(N(c4ccc(-c5ccc(N(c6ccc(-c7cccc8ccccc78)cc6)c6ccc(-c7ccc8c(c7)C([2H])([2H])C8([2H])[2H])cc6-c6ccccc6)cc5)cc4)c4ccc(-c5cccc6ccccc56)cc4)c(-c4ccccc4)c3)cc2C1([2H])[2H]. The summed E-state index contributed by atoms with van der Waals surface area (Å²) >= 11 is 0. The molecule has 0 saturated heterocycles. The Balaban J connectivity index is 0.794. The molecule has 14 aromatic rings. The molecule has 0 bridgehead atoms. The Labute approximate surface area is 515 Å². The molecule has 0 unspecified atom stereocenters. The van der Waals surface area contributed by atoms with Crippen molar-refractivity contribution in [3.05, 3.63) is 338 Å². The summed E-state index contributed by atoms with van der Waals surface area (Å²) in [5.74, 6) is 0. The van der Waals surface area contributed by atoms with E-state index in [1.807, 2.05) is 60.7 Å². The zero-order valence-corrected chi connectivity index (χ0v) is 46.9. The minimum atomic E-state index is -2.10. The molecule has 0 N–H and O–H groups in total. The van der Waals surface area contributed by atoms with Gasteiger partial charge in [0.1, 0.15) is 0 Å². The Morgan fingerprint density at radius 1 is 0.209 bits per heavy atom. The van der Waals surface area contributed by atoms with Crippen molar-refractivity contribution in [2.24, 2.45) is 0 Å². The fraction of sp³-hybridized carbons (Fsp3) is 0.0476. The van der Waals surface area contributed by atoms with Crippen LogP contribution < -0.4 is 9.80 Å². The first-order valence-corrected chi connectivity index (χ1v) is 29.3. The highest BCUT2D eigenvalue weighted by molar-refractivity contribution is 5.99. The molecule has 406 valence electrons. The number of hydrogen-bond donors (Lipinski definition) is 0. The van der Waals surface area contributed by atoms with Crippen molar-refractivity contribution in [3.63, 3.8) is 0 Å². The quantitative estimate of drug-likeness (QED) is 0.114. The Morgan fingerprint density at radius 2 is 0.512 bits per heavy atom. The second kappa shape index (κ2) is 21.8. The van der Waals surface area contributed by atoms with Gasteiger partial charge in [0.25, 0.3) is 0 Å². The van der Waals surface area contributed by atoms with Crippen LogP contribution >= 0.6 is 0 Å². The minimum Gasteiger partial charge on any atom is -0.310 e. The van der Waals surface area contributed by atoms with Crippen LogP contribution in [0.25, 0.3) is 99.4 Å². The highest BCUT2D eigenvalue weighted by Crippen LogP contribution is 2.47. The molecule has 0 spiro atoms. The van der Waals surface area contributed by atoms with Crippen LogP contribution in [0.1, 0.15) is 33.2 Å². The van der Waals surface area contributed by atoms with E-state index in [0.717, 1.165) is 112 Å². The monoisotopic (exact) mass is 1100 g/mol. The Hall–Kier alpha value is -10.8. The van der Waals surface area contributed by atoms with Gasteiger partial charge < -0.3 is 9.80 Å². The zero-order valence-electron chi connectivity index (χ0n) is 54.9. The summed E-state index contributed by atoms with van der Waals surface area (Å²) in [4.78, 5) is 4.60. The molecule has 16 rings (SSSR count). The molecule has 0 aliphatic heterocycles. The van der Waals surface area contributed by atoms with Crippen molar-refractivity contribution >= 4 is 55.7 Å². The third-order valence-corrected chi connectivity index (χ3v) is 17.1. The molecule has 86 heavy (non-hydrogen) atoms. The van der Waals surface area contributed by atoms with Crippen LogP contribution in [0, 0.1) is 0 Å². The first kappa shape index (κ1) is 42.9. The molecule has 0 radical (unpaired) electrons. The number of aryl methyl sites for hydroxylation is 4. The van der Waals surface area contributed by atoms with E-state index in [2.05, 4.69) is 252 Å². The summed E-state index contributed by atoms with van der Waals surface area (Å²) in [6.07, 6.45) is -8.32. The Morgan fingerprint density at radius 3 is 0.919 bits per heavy atom. The standard InChI is InChI=1S/C84H60N2/c1-3-13-63(14-4-1)81-55-71(69-31-27-59-25-29-67(59)53-69)41-51-83(81)85(75-47-37-65(38-48-75)79-23-11-19-61-17-7-9-21-77(61)79)73-43-33-57(34-44-73)58-35-45-74(46-36-58)86(76-49-39-66(40-50-76)80-24-12-20-62-18-8-10-22-78(62)80)84-52-42-72(56-82(84)64-15-5-2-6-16-64)70-32-28-60-26-30-68(60)54-70/h1-24,27-28,31-56H,25-26,29-30H2/i25D2,26D2,29D2,30D2. The lowest BCUT2D eigenvalue weighted by molar-refractivity contribution is 0.840. The molecule has 2 heteroatoms. The average Bonchev–Trinajstić information content (AvgIpc) is 0.708. The summed E-state index contributed by atoms with van der Waals surface area (Å²) in [6, 6.07) is 109. The van der Waals surface area contributed by atoms with Crippen LogP contribution in [-0.4, -0.2) is 0 Å². The van der Waals surface area contributed by atoms with Gasteiger partial charge in [0.2, 0.25) is 0 Å². The molecule has 0 fully saturated rings. The smallest absolute Gasteiger partial charge is 0.0540 e. The van der Waals surface area contributed by atoms with Gasteiger partial charge in [-0.2, -0.15) is 0 Å². The Bertz CT molecular complexity index is 4900. The van der Waals surface area contributed by atoms with Crippen molar-refractivity contribution in [2.45, 2.75) is 25.5 Å². The summed E-state index contributed by atoms with van der Waals surface area (Å²) < 4.78 is 68.4. The molecular formula is C84H60N2. The maximum Gasteiger partial charge on any atom is 0.0540 e. The third-order valence-electron chi connectivity index (χ3n) is 17.1. The van der Waals surface area contributed by atoms with E-state index < -0.39 is 25.5 Å². The van der Waals surface area contributed by atoms with Crippen LogP contribution in [-0.2, 0) is 25.5 Å². The summed E-state index contributed by atoms with van der Waals surface area (Å²) in [6.45, 7) is 0. The van der Waals surface area contributed by atoms with Gasteiger partial charge in [-0.25, -0.2) is 0 Å². The van der Waals surface area contributed by atoms with Gasteiger partial charge >= 0.3 is 0 Å². The van der Waals surface area contributed by atoms with Gasteiger partial charge in [0, 0.05) is 44.8 Å². The van der Waals surface area contributed by atoms with Gasteiger partial charge in [-0.05, 0) is 209 Å². The third kappa shape index (κ3) is 9.43. The van der Waals surface area contributed by atoms with Crippen LogP contribution in [0.3, 0.4) is 0 Å². The van der Waals surface area contributed by atoms with Crippen molar-refractivity contribution < 1.29 is 11.0 Å². The van der Waals surface area contributed by atoms with E-state index in [0.29, 0.717) is 22.3 Å². The van der Waals surface area contributed by atoms with Crippen molar-refractivity contribution in [1.29, 1.82) is 0 Å². The van der Waals surface area contributed by atoms with Crippen molar-refractivity contribution in [2.75, 3.05) is 9.80 Å². The molecule has 0 atom stereocenters. The van der Waals surface area contributed by atoms with Crippen LogP contribution in [0.15, 0.2) is 315 Å². The lowest BCUT2D eigenvalue weighted by Crippen LogP contribution is -2.12. The summed E-state index contributed by atoms with van der Waals surface area (Å²) in [5, 5.41) is 4.73. The molecular weight excluding hydrogens is 1040 g/mol. The highest BCUT2D eigenvalue weighted by atomic mass is 15.1. The van der Waals surface area contributed by atoms with E-state index in [-0.39, 0.29) is 0 Å². The summed E-state index contributed by atoms with van der Waals surface area (Å²) in [5.41, 5.74) is 21.2. The predicted molar refractivity (Wildman–Crippen MR) is 364 cm³/mol. The number of benzene rings is 14. The zero-order chi connectivity index (χ0) is 64.1. The number of rotatable bonds is 13. The molecule has 2 aliphatic rings. The maximum absolute atomic E-state index is 8.64. The molecule has 0 saturated carbocycles. The predicted octanol–water partition coefficient (Wildman–Crippen LogP) is 22.8. The topological polar surface area (TPSA) is 6.48 Å². The fourth-order valence-electron chi connectivity index (χ4n) is 12.5. The van der Waals surface area contributed by atoms with Crippen molar-refractivity contribution in [3.8, 4) is 77.9 Å². The van der Waals surface area contributed by atoms with E-state index in [9.17, 15) is 0 Å². The van der Waals surface area contributed by atoms with Crippen molar-refractivity contribution in [1.82, 2.24) is 0 Å². The normalized spacial score (nSPS) is 16.0. The number of nitrogens with zero attached hydrogens (tertiary/aromatic N) is 2. The first-order valence-electron chi connectivity index (χ1n) is 33.3. The van der Waals surface area contributed by atoms with Gasteiger partial charge in [-0.3, -0.25) is 0 Å². The first-order chi connectivity index (χ1) is 45.6. The molecule has 0 amide bonds. The van der Waals surface area contributed by atoms with Crippen LogP contribution in [0.5, 0.6) is 0 Å². The van der Waals surface area contributed by atoms with E-state index >= 15 is 0 Å². The van der Waals surface area contributed by atoms with Gasteiger partial charge in [-0.15, -0.1) is 0 Å². The maximum atomic E-state index is 8.64. The number of anilines is 6. The largest absolute Gasteiger partial charge is 0.310 e. The van der Waals surface area contributed by atoms with E-state index in [1.165, 1.54) is 21.5 Å². The lowest BCUT2D eigenvalue weighted by atomic mass is 9.85. The highest BCUT2D eigenvalue weighted by Gasteiger charge is 2.23. The van der Waals surface area contributed by atoms with E-state index in [1.54, 1.807) is 12.1 Å². The molecule has 2 aliphatic carbocycles. The molecule has 0 heterocycles. The average molecular weight is 1110 g/mol. The minimum absolute atomic E-state index is 0.381. The van der Waals surface area contributed by atoms with Gasteiger partial charge in [0.05, 0.1) is 11.4 Å². The number of hydrogen-bond acceptors (Lipinski definition) is 2. The second-order valence-electron chi connectivity index (χ2n) is 22.1. The van der Waals surface area contributed by atoms with E-state index in [4.69, 9.17) is 11.0 Å². The molecule has 14 aromatic carbocycles. The summed E-state index contributed by atoms with van der Waals surface area (Å²) in [7, 11) is 0. The molecule has 0 aromatic heterocycles. The molecule has 2 nitrogen and oxygen atoms in total. The number of fused-ring (bicyclic) bond motifs is 4. The Kier molecular flexibility index (Phi) is 10.9. The lowest BCUT2D eigenvalue weighted by Gasteiger charge is -2.29. The fourth-order valence-corrected chi connectivity index (χ4v) is 12.5. The second-order valence-corrected chi connectivity index (χ2v) is 22.1. The van der Waals surface area contributed by atoms with Gasteiger partial charge in [0.15, 0.2) is 0 Å². The van der Waals surface area contributed by atoms with Gasteiger partial charge in [-0.1, -0.05) is 243 Å².